The third kappa shape index (κ3) is 2.96. The molecule has 2 N–H and O–H groups in total. The van der Waals surface area contributed by atoms with Crippen LogP contribution in [0.4, 0.5) is 0 Å². The first-order valence-corrected chi connectivity index (χ1v) is 8.94. The van der Waals surface area contributed by atoms with Crippen LogP contribution < -0.4 is 0 Å². The summed E-state index contributed by atoms with van der Waals surface area (Å²) < 4.78 is 5.73. The number of benzene rings is 1. The number of H-pyrrole nitrogens is 1. The molecular formula is C19H23N3O3. The van der Waals surface area contributed by atoms with Crippen LogP contribution in [-0.2, 0) is 17.6 Å². The zero-order valence-corrected chi connectivity index (χ0v) is 14.1. The van der Waals surface area contributed by atoms with E-state index in [1.54, 1.807) is 0 Å². The molecule has 0 unspecified atom stereocenters. The van der Waals surface area contributed by atoms with E-state index in [0.717, 1.165) is 42.5 Å². The number of aromatic amines is 1. The summed E-state index contributed by atoms with van der Waals surface area (Å²) in [6, 6.07) is 9.47. The Kier molecular flexibility index (Phi) is 4.55. The van der Waals surface area contributed by atoms with Crippen LogP contribution in [0.5, 0.6) is 0 Å². The highest BCUT2D eigenvalue weighted by Crippen LogP contribution is 2.32. The van der Waals surface area contributed by atoms with Crippen molar-refractivity contribution in [3.63, 3.8) is 0 Å². The third-order valence-corrected chi connectivity index (χ3v) is 5.19. The molecule has 1 aliphatic carbocycles. The molecule has 132 valence electrons. The van der Waals surface area contributed by atoms with E-state index in [2.05, 4.69) is 10.2 Å². The largest absolute Gasteiger partial charge is 0.394 e. The molecular weight excluding hydrogens is 318 g/mol. The lowest BCUT2D eigenvalue weighted by Crippen LogP contribution is -2.49. The number of aliphatic hydroxyl groups excluding tert-OH is 1. The second-order valence-electron chi connectivity index (χ2n) is 6.68. The van der Waals surface area contributed by atoms with E-state index in [-0.39, 0.29) is 18.6 Å². The minimum absolute atomic E-state index is 0.0741. The number of hydrogen-bond donors (Lipinski definition) is 2. The number of nitrogens with one attached hydrogen (secondary N) is 1. The molecule has 25 heavy (non-hydrogen) atoms. The van der Waals surface area contributed by atoms with Crippen LogP contribution in [0, 0.1) is 0 Å². The Morgan fingerprint density at radius 2 is 2.08 bits per heavy atom. The van der Waals surface area contributed by atoms with Gasteiger partial charge in [-0.3, -0.25) is 9.89 Å². The van der Waals surface area contributed by atoms with Gasteiger partial charge in [-0.15, -0.1) is 0 Å². The number of amides is 1. The summed E-state index contributed by atoms with van der Waals surface area (Å²) in [5.74, 6) is -0.0741. The summed E-state index contributed by atoms with van der Waals surface area (Å²) in [5, 5.41) is 17.1. The lowest BCUT2D eigenvalue weighted by molar-refractivity contribution is -0.0812. The molecule has 0 spiro atoms. The number of hydrogen-bond acceptors (Lipinski definition) is 4. The van der Waals surface area contributed by atoms with Crippen molar-refractivity contribution in [3.8, 4) is 0 Å². The van der Waals surface area contributed by atoms with Gasteiger partial charge in [0.25, 0.3) is 5.91 Å². The maximum atomic E-state index is 13.3. The van der Waals surface area contributed by atoms with Crippen molar-refractivity contribution in [2.75, 3.05) is 19.8 Å². The summed E-state index contributed by atoms with van der Waals surface area (Å²) in [6.45, 7) is 0.797. The molecule has 1 aromatic heterocycles. The van der Waals surface area contributed by atoms with E-state index >= 15 is 0 Å². The van der Waals surface area contributed by atoms with Gasteiger partial charge in [-0.25, -0.2) is 0 Å². The molecule has 1 amide bonds. The maximum absolute atomic E-state index is 13.3. The van der Waals surface area contributed by atoms with Crippen LogP contribution in [-0.4, -0.2) is 52.0 Å². The Morgan fingerprint density at radius 1 is 1.28 bits per heavy atom. The number of aryl methyl sites for hydroxylation is 1. The SMILES string of the molecule is O=C(c1n[nH]c2c1CCCC2)N1CCO[C@H](CO)[C@H]1c1ccccc1. The van der Waals surface area contributed by atoms with E-state index in [4.69, 9.17) is 4.74 Å². The van der Waals surface area contributed by atoms with E-state index < -0.39 is 6.10 Å². The number of rotatable bonds is 3. The van der Waals surface area contributed by atoms with Crippen LogP contribution in [0.15, 0.2) is 30.3 Å². The van der Waals surface area contributed by atoms with Gasteiger partial charge in [-0.05, 0) is 31.2 Å². The fourth-order valence-electron chi connectivity index (χ4n) is 3.95. The number of ether oxygens (including phenoxy) is 1. The average Bonchev–Trinajstić information content (AvgIpc) is 3.11. The molecule has 0 saturated carbocycles. The minimum Gasteiger partial charge on any atom is -0.394 e. The quantitative estimate of drug-likeness (QED) is 0.893. The van der Waals surface area contributed by atoms with Crippen LogP contribution in [0.2, 0.25) is 0 Å². The first-order valence-electron chi connectivity index (χ1n) is 8.94. The van der Waals surface area contributed by atoms with E-state index in [1.807, 2.05) is 35.2 Å². The van der Waals surface area contributed by atoms with Gasteiger partial charge >= 0.3 is 0 Å². The Balaban J connectivity index is 1.69. The summed E-state index contributed by atoms with van der Waals surface area (Å²) in [5.41, 5.74) is 3.67. The molecule has 2 aliphatic rings. The average molecular weight is 341 g/mol. The summed E-state index contributed by atoms with van der Waals surface area (Å²) in [7, 11) is 0. The maximum Gasteiger partial charge on any atom is 0.275 e. The summed E-state index contributed by atoms with van der Waals surface area (Å²) >= 11 is 0. The van der Waals surface area contributed by atoms with Gasteiger partial charge < -0.3 is 14.7 Å². The first kappa shape index (κ1) is 16.3. The van der Waals surface area contributed by atoms with E-state index in [9.17, 15) is 9.90 Å². The predicted molar refractivity (Wildman–Crippen MR) is 92.3 cm³/mol. The van der Waals surface area contributed by atoms with Gasteiger partial charge in [0.2, 0.25) is 0 Å². The highest BCUT2D eigenvalue weighted by molar-refractivity contribution is 5.94. The highest BCUT2D eigenvalue weighted by atomic mass is 16.5. The Labute approximate surface area is 146 Å². The molecule has 1 aliphatic heterocycles. The van der Waals surface area contributed by atoms with E-state index in [1.165, 1.54) is 0 Å². The minimum atomic E-state index is -0.421. The van der Waals surface area contributed by atoms with Crippen molar-refractivity contribution < 1.29 is 14.6 Å². The van der Waals surface area contributed by atoms with Crippen molar-refractivity contribution in [1.29, 1.82) is 0 Å². The molecule has 4 rings (SSSR count). The molecule has 0 radical (unpaired) electrons. The molecule has 1 fully saturated rings. The van der Waals surface area contributed by atoms with Gasteiger partial charge in [0.15, 0.2) is 5.69 Å². The molecule has 6 heteroatoms. The fourth-order valence-corrected chi connectivity index (χ4v) is 3.95. The first-order chi connectivity index (χ1) is 12.3. The lowest BCUT2D eigenvalue weighted by atomic mass is 9.94. The van der Waals surface area contributed by atoms with Crippen molar-refractivity contribution in [1.82, 2.24) is 15.1 Å². The van der Waals surface area contributed by atoms with Crippen molar-refractivity contribution in [3.05, 3.63) is 52.8 Å². The number of aromatic nitrogens is 2. The number of morpholine rings is 1. The molecule has 1 saturated heterocycles. The topological polar surface area (TPSA) is 78.5 Å². The Bertz CT molecular complexity index is 744. The molecule has 1 aromatic carbocycles. The second-order valence-corrected chi connectivity index (χ2v) is 6.68. The second kappa shape index (κ2) is 6.98. The van der Waals surface area contributed by atoms with Gasteiger partial charge in [0.05, 0.1) is 19.3 Å². The van der Waals surface area contributed by atoms with E-state index in [0.29, 0.717) is 18.8 Å². The van der Waals surface area contributed by atoms with Gasteiger partial charge in [-0.1, -0.05) is 30.3 Å². The summed E-state index contributed by atoms with van der Waals surface area (Å²) in [4.78, 5) is 15.1. The van der Waals surface area contributed by atoms with Gasteiger partial charge in [0, 0.05) is 17.8 Å². The van der Waals surface area contributed by atoms with Crippen LogP contribution in [0.25, 0.3) is 0 Å². The van der Waals surface area contributed by atoms with Gasteiger partial charge in [-0.2, -0.15) is 5.10 Å². The van der Waals surface area contributed by atoms with Crippen molar-refractivity contribution in [2.24, 2.45) is 0 Å². The highest BCUT2D eigenvalue weighted by Gasteiger charge is 2.38. The Morgan fingerprint density at radius 3 is 2.88 bits per heavy atom. The molecule has 2 heterocycles. The number of carbonyl (C=O) groups excluding carboxylic acids is 1. The number of carbonyl (C=O) groups is 1. The van der Waals surface area contributed by atoms with Crippen molar-refractivity contribution in [2.45, 2.75) is 37.8 Å². The fraction of sp³-hybridized carbons (Fsp3) is 0.474. The monoisotopic (exact) mass is 341 g/mol. The summed E-state index contributed by atoms with van der Waals surface area (Å²) in [6.07, 6.45) is 3.67. The zero-order valence-electron chi connectivity index (χ0n) is 14.1. The Hall–Kier alpha value is -2.18. The molecule has 2 atom stereocenters. The van der Waals surface area contributed by atoms with Crippen LogP contribution in [0.3, 0.4) is 0 Å². The number of nitrogens with zero attached hydrogens (tertiary/aromatic N) is 2. The number of fused-ring (bicyclic) bond motifs is 1. The molecule has 6 nitrogen and oxygen atoms in total. The zero-order chi connectivity index (χ0) is 17.2. The predicted octanol–water partition coefficient (Wildman–Crippen LogP) is 1.86. The normalized spacial score (nSPS) is 23.3. The lowest BCUT2D eigenvalue weighted by Gasteiger charge is -2.40. The molecule has 0 bridgehead atoms. The van der Waals surface area contributed by atoms with Crippen molar-refractivity contribution >= 4 is 5.91 Å². The van der Waals surface area contributed by atoms with Crippen LogP contribution in [0.1, 0.15) is 46.2 Å². The van der Waals surface area contributed by atoms with Gasteiger partial charge in [0.1, 0.15) is 6.10 Å². The smallest absolute Gasteiger partial charge is 0.275 e. The van der Waals surface area contributed by atoms with Crippen LogP contribution >= 0.6 is 0 Å². The third-order valence-electron chi connectivity index (χ3n) is 5.19. The molecule has 2 aromatic rings. The number of aliphatic hydroxyl groups is 1. The standard InChI is InChI=1S/C19H23N3O3/c23-12-16-18(13-6-2-1-3-7-13)22(10-11-25-16)19(24)17-14-8-4-5-9-15(14)20-21-17/h1-3,6-7,16,18,23H,4-5,8-12H2,(H,20,21)/t16-,18-/m1/s1.